The van der Waals surface area contributed by atoms with E-state index in [0.29, 0.717) is 17.1 Å². The van der Waals surface area contributed by atoms with E-state index < -0.39 is 16.7 Å². The lowest BCUT2D eigenvalue weighted by Gasteiger charge is -2.18. The molecule has 0 aliphatic carbocycles. The van der Waals surface area contributed by atoms with E-state index in [9.17, 15) is 14.9 Å². The molecule has 0 N–H and O–H groups in total. The van der Waals surface area contributed by atoms with E-state index in [2.05, 4.69) is 4.98 Å². The minimum absolute atomic E-state index is 0.0115. The summed E-state index contributed by atoms with van der Waals surface area (Å²) in [6, 6.07) is 9.74. The predicted octanol–water partition coefficient (Wildman–Crippen LogP) is 4.22. The molecule has 0 atom stereocenters. The van der Waals surface area contributed by atoms with Crippen molar-refractivity contribution in [3.05, 3.63) is 58.9 Å². The third kappa shape index (κ3) is 3.97. The van der Waals surface area contributed by atoms with Gasteiger partial charge in [-0.15, -0.1) is 0 Å². The van der Waals surface area contributed by atoms with Crippen LogP contribution in [0.4, 0.5) is 10.5 Å². The van der Waals surface area contributed by atoms with Gasteiger partial charge in [0, 0.05) is 17.8 Å². The van der Waals surface area contributed by atoms with Crippen LogP contribution in [0.3, 0.4) is 0 Å². The fraction of sp³-hybridized carbons (Fsp3) is 0.222. The van der Waals surface area contributed by atoms with Crippen LogP contribution in [0.2, 0.25) is 0 Å². The Hall–Kier alpha value is -3.42. The van der Waals surface area contributed by atoms with Gasteiger partial charge in [0.25, 0.3) is 5.69 Å². The van der Waals surface area contributed by atoms with Crippen molar-refractivity contribution in [2.45, 2.75) is 26.4 Å². The Bertz CT molecular complexity index is 971. The summed E-state index contributed by atoms with van der Waals surface area (Å²) in [7, 11) is 0. The minimum atomic E-state index is -0.773. The molecule has 26 heavy (non-hydrogen) atoms. The van der Waals surface area contributed by atoms with E-state index in [1.807, 2.05) is 0 Å². The highest BCUT2D eigenvalue weighted by molar-refractivity contribution is 5.67. The van der Waals surface area contributed by atoms with Crippen LogP contribution in [0.25, 0.3) is 16.9 Å². The quantitative estimate of drug-likeness (QED) is 0.302. The molecule has 2 heterocycles. The van der Waals surface area contributed by atoms with Crippen LogP contribution in [0, 0.1) is 10.1 Å². The maximum absolute atomic E-state index is 11.7. The van der Waals surface area contributed by atoms with Crippen LogP contribution in [0.15, 0.2) is 48.8 Å². The number of carbonyl (C=O) groups excluding carboxylic acids is 1. The Balaban J connectivity index is 1.79. The van der Waals surface area contributed by atoms with Gasteiger partial charge in [0.1, 0.15) is 17.0 Å². The molecule has 0 saturated heterocycles. The third-order valence-corrected chi connectivity index (χ3v) is 3.39. The molecule has 0 unspecified atom stereocenters. The van der Waals surface area contributed by atoms with Gasteiger partial charge in [0.05, 0.1) is 16.8 Å². The third-order valence-electron chi connectivity index (χ3n) is 3.39. The maximum atomic E-state index is 11.7. The number of hydrogen-bond donors (Lipinski definition) is 0. The Kier molecular flexibility index (Phi) is 4.33. The number of fused-ring (bicyclic) bond motifs is 1. The molecule has 1 aromatic carbocycles. The monoisotopic (exact) mass is 355 g/mol. The SMILES string of the molecule is CC(C)(C)OC(=O)Oc1ccc(-c2cn3cc([N+](=O)[O-])ccc3n2)cc1. The molecule has 0 saturated carbocycles. The summed E-state index contributed by atoms with van der Waals surface area (Å²) < 4.78 is 11.8. The predicted molar refractivity (Wildman–Crippen MR) is 94.1 cm³/mol. The van der Waals surface area contributed by atoms with Crippen LogP contribution in [0.5, 0.6) is 5.75 Å². The van der Waals surface area contributed by atoms with Crippen molar-refractivity contribution < 1.29 is 19.2 Å². The van der Waals surface area contributed by atoms with Gasteiger partial charge in [0.15, 0.2) is 0 Å². The molecule has 134 valence electrons. The van der Waals surface area contributed by atoms with Crippen molar-refractivity contribution in [3.8, 4) is 17.0 Å². The van der Waals surface area contributed by atoms with E-state index in [0.717, 1.165) is 5.56 Å². The Morgan fingerprint density at radius 3 is 2.42 bits per heavy atom. The summed E-state index contributed by atoms with van der Waals surface area (Å²) >= 11 is 0. The summed E-state index contributed by atoms with van der Waals surface area (Å²) in [6.07, 6.45) is 2.34. The first-order valence-electron chi connectivity index (χ1n) is 7.86. The zero-order valence-electron chi connectivity index (χ0n) is 14.5. The zero-order valence-corrected chi connectivity index (χ0v) is 14.5. The van der Waals surface area contributed by atoms with Gasteiger partial charge in [-0.1, -0.05) is 0 Å². The van der Waals surface area contributed by atoms with Gasteiger partial charge < -0.3 is 9.47 Å². The number of ether oxygens (including phenoxy) is 2. The summed E-state index contributed by atoms with van der Waals surface area (Å²) in [5, 5.41) is 10.9. The largest absolute Gasteiger partial charge is 0.514 e. The van der Waals surface area contributed by atoms with Crippen LogP contribution in [-0.4, -0.2) is 26.1 Å². The number of nitrogens with zero attached hydrogens (tertiary/aromatic N) is 3. The number of rotatable bonds is 3. The van der Waals surface area contributed by atoms with Crippen molar-refractivity contribution in [2.75, 3.05) is 0 Å². The van der Waals surface area contributed by atoms with Gasteiger partial charge in [-0.2, -0.15) is 0 Å². The van der Waals surface area contributed by atoms with Crippen molar-refractivity contribution in [3.63, 3.8) is 0 Å². The summed E-state index contributed by atoms with van der Waals surface area (Å²) in [4.78, 5) is 26.5. The zero-order chi connectivity index (χ0) is 18.9. The molecule has 0 aliphatic rings. The molecule has 0 aliphatic heterocycles. The minimum Gasteiger partial charge on any atom is -0.428 e. The number of hydrogen-bond acceptors (Lipinski definition) is 6. The Morgan fingerprint density at radius 2 is 1.81 bits per heavy atom. The van der Waals surface area contributed by atoms with Crippen LogP contribution >= 0.6 is 0 Å². The molecule has 3 rings (SSSR count). The standard InChI is InChI=1S/C18H17N3O5/c1-18(2,3)26-17(22)25-14-7-4-12(5-8-14)15-11-20-10-13(21(23)24)6-9-16(20)19-15/h4-11H,1-3H3. The molecule has 8 nitrogen and oxygen atoms in total. The van der Waals surface area contributed by atoms with Gasteiger partial charge >= 0.3 is 6.16 Å². The average Bonchev–Trinajstić information content (AvgIpc) is 2.96. The highest BCUT2D eigenvalue weighted by atomic mass is 16.7. The second-order valence-corrected chi connectivity index (χ2v) is 6.63. The van der Waals surface area contributed by atoms with Crippen molar-refractivity contribution >= 4 is 17.5 Å². The first-order valence-corrected chi connectivity index (χ1v) is 7.86. The van der Waals surface area contributed by atoms with Crippen LogP contribution < -0.4 is 4.74 Å². The second kappa shape index (κ2) is 6.47. The van der Waals surface area contributed by atoms with E-state index in [1.165, 1.54) is 12.3 Å². The number of carbonyl (C=O) groups is 1. The lowest BCUT2D eigenvalue weighted by molar-refractivity contribution is -0.385. The van der Waals surface area contributed by atoms with E-state index in [4.69, 9.17) is 9.47 Å². The van der Waals surface area contributed by atoms with E-state index in [-0.39, 0.29) is 5.69 Å². The van der Waals surface area contributed by atoms with Gasteiger partial charge in [-0.3, -0.25) is 14.5 Å². The lowest BCUT2D eigenvalue weighted by atomic mass is 10.2. The Morgan fingerprint density at radius 1 is 1.12 bits per heavy atom. The molecule has 0 fully saturated rings. The summed E-state index contributed by atoms with van der Waals surface area (Å²) in [5.41, 5.74) is 1.39. The molecule has 2 aromatic heterocycles. The maximum Gasteiger partial charge on any atom is 0.514 e. The topological polar surface area (TPSA) is 96.0 Å². The van der Waals surface area contributed by atoms with E-state index in [1.54, 1.807) is 61.7 Å². The van der Waals surface area contributed by atoms with Crippen molar-refractivity contribution in [1.29, 1.82) is 0 Å². The number of pyridine rings is 1. The molecule has 0 bridgehead atoms. The number of imidazole rings is 1. The highest BCUT2D eigenvalue weighted by Crippen LogP contribution is 2.24. The normalized spacial score (nSPS) is 11.3. The van der Waals surface area contributed by atoms with Gasteiger partial charge in [-0.05, 0) is 51.1 Å². The second-order valence-electron chi connectivity index (χ2n) is 6.63. The Labute approximate surface area is 149 Å². The van der Waals surface area contributed by atoms with E-state index >= 15 is 0 Å². The first kappa shape index (κ1) is 17.4. The molecular weight excluding hydrogens is 338 g/mol. The molecule has 8 heteroatoms. The first-order chi connectivity index (χ1) is 12.2. The molecule has 0 amide bonds. The summed E-state index contributed by atoms with van der Waals surface area (Å²) in [5.74, 6) is 0.349. The number of aromatic nitrogens is 2. The van der Waals surface area contributed by atoms with Gasteiger partial charge in [-0.25, -0.2) is 9.78 Å². The van der Waals surface area contributed by atoms with Crippen LogP contribution in [-0.2, 0) is 4.74 Å². The molecular formula is C18H17N3O5. The smallest absolute Gasteiger partial charge is 0.428 e. The molecule has 0 spiro atoms. The van der Waals surface area contributed by atoms with Crippen LogP contribution in [0.1, 0.15) is 20.8 Å². The number of nitro groups is 1. The lowest BCUT2D eigenvalue weighted by Crippen LogP contribution is -2.25. The molecule has 0 radical (unpaired) electrons. The van der Waals surface area contributed by atoms with Gasteiger partial charge in [0.2, 0.25) is 0 Å². The van der Waals surface area contributed by atoms with Crippen molar-refractivity contribution in [1.82, 2.24) is 9.38 Å². The fourth-order valence-electron chi connectivity index (χ4n) is 2.29. The fourth-order valence-corrected chi connectivity index (χ4v) is 2.29. The molecule has 3 aromatic rings. The number of benzene rings is 1. The average molecular weight is 355 g/mol. The highest BCUT2D eigenvalue weighted by Gasteiger charge is 2.18. The summed E-state index contributed by atoms with van der Waals surface area (Å²) in [6.45, 7) is 5.27. The van der Waals surface area contributed by atoms with Crippen molar-refractivity contribution in [2.24, 2.45) is 0 Å².